The Kier molecular flexibility index (Phi) is 7.17. The van der Waals surface area contributed by atoms with Gasteiger partial charge in [0.15, 0.2) is 5.71 Å². The smallest absolute Gasteiger partial charge is 0.478 e. The van der Waals surface area contributed by atoms with Gasteiger partial charge in [0.25, 0.3) is 5.91 Å². The maximum Gasteiger partial charge on any atom is 0.478 e. The zero-order chi connectivity index (χ0) is 18.2. The number of carboxylic acids is 1. The van der Waals surface area contributed by atoms with Crippen LogP contribution in [0.15, 0.2) is 34.8 Å². The van der Waals surface area contributed by atoms with Crippen LogP contribution in [0.2, 0.25) is 0 Å². The fourth-order valence-corrected chi connectivity index (χ4v) is 2.91. The van der Waals surface area contributed by atoms with Crippen LogP contribution in [-0.2, 0) is 19.1 Å². The second-order valence-corrected chi connectivity index (χ2v) is 6.19. The third kappa shape index (κ3) is 5.70. The zero-order valence-electron chi connectivity index (χ0n) is 13.6. The molecule has 0 saturated heterocycles. The minimum absolute atomic E-state index is 0.111. The molecular weight excluding hydrogens is 347 g/mol. The topological polar surface area (TPSA) is 117 Å². The van der Waals surface area contributed by atoms with Crippen molar-refractivity contribution in [3.8, 4) is 0 Å². The average molecular weight is 366 g/mol. The van der Waals surface area contributed by atoms with Crippen molar-refractivity contribution in [2.24, 2.45) is 5.16 Å². The molecule has 2 atom stereocenters. The minimum atomic E-state index is -1.33. The summed E-state index contributed by atoms with van der Waals surface area (Å²) in [6, 6.07) is 3.53. The second kappa shape index (κ2) is 9.35. The molecule has 0 aromatic carbocycles. The van der Waals surface area contributed by atoms with E-state index in [4.69, 9.17) is 14.6 Å². The average Bonchev–Trinajstić information content (AvgIpc) is 3.02. The molecule has 0 saturated carbocycles. The number of thiophene rings is 1. The van der Waals surface area contributed by atoms with Gasteiger partial charge in [-0.05, 0) is 24.8 Å². The Morgan fingerprint density at radius 3 is 3.00 bits per heavy atom. The summed E-state index contributed by atoms with van der Waals surface area (Å²) in [5, 5.41) is 27.3. The lowest BCUT2D eigenvalue weighted by Crippen LogP contribution is -2.50. The molecule has 1 amide bonds. The Morgan fingerprint density at radius 2 is 2.36 bits per heavy atom. The van der Waals surface area contributed by atoms with Crippen LogP contribution in [0.5, 0.6) is 0 Å². The summed E-state index contributed by atoms with van der Waals surface area (Å²) in [6.45, 7) is 2.07. The molecule has 2 heterocycles. The van der Waals surface area contributed by atoms with Gasteiger partial charge in [0.2, 0.25) is 0 Å². The van der Waals surface area contributed by atoms with E-state index in [1.807, 2.05) is 5.38 Å². The first-order chi connectivity index (χ1) is 12.0. The molecule has 3 N–H and O–H groups in total. The maximum atomic E-state index is 12.5. The third-order valence-electron chi connectivity index (χ3n) is 3.35. The van der Waals surface area contributed by atoms with Crippen LogP contribution in [0, 0.1) is 0 Å². The number of hydrogen-bond acceptors (Lipinski definition) is 7. The van der Waals surface area contributed by atoms with E-state index < -0.39 is 31.0 Å². The van der Waals surface area contributed by atoms with Crippen LogP contribution in [0.25, 0.3) is 0 Å². The number of nitrogens with zero attached hydrogens (tertiary/aromatic N) is 1. The van der Waals surface area contributed by atoms with Gasteiger partial charge in [0, 0.05) is 0 Å². The Labute approximate surface area is 149 Å². The summed E-state index contributed by atoms with van der Waals surface area (Å²) in [7, 11) is -1.33. The van der Waals surface area contributed by atoms with Gasteiger partial charge in [-0.3, -0.25) is 9.59 Å². The Hall–Kier alpha value is -2.17. The van der Waals surface area contributed by atoms with E-state index in [-0.39, 0.29) is 12.1 Å². The van der Waals surface area contributed by atoms with Gasteiger partial charge in [-0.1, -0.05) is 23.4 Å². The van der Waals surface area contributed by atoms with E-state index in [1.165, 1.54) is 11.3 Å². The summed E-state index contributed by atoms with van der Waals surface area (Å²) >= 11 is 1.34. The first-order valence-corrected chi connectivity index (χ1v) is 8.66. The molecule has 0 fully saturated rings. The van der Waals surface area contributed by atoms with Crippen LogP contribution in [0.1, 0.15) is 24.6 Å². The molecule has 1 aromatic heterocycles. The Morgan fingerprint density at radius 1 is 1.56 bits per heavy atom. The molecule has 134 valence electrons. The van der Waals surface area contributed by atoms with Gasteiger partial charge < -0.3 is 24.9 Å². The highest BCUT2D eigenvalue weighted by Gasteiger charge is 2.33. The molecule has 8 nitrogen and oxygen atoms in total. The number of hydrogen-bond donors (Lipinski definition) is 3. The van der Waals surface area contributed by atoms with E-state index in [1.54, 1.807) is 31.2 Å². The van der Waals surface area contributed by atoms with Crippen LogP contribution >= 0.6 is 11.3 Å². The van der Waals surface area contributed by atoms with Crippen molar-refractivity contribution in [1.82, 2.24) is 5.32 Å². The predicted molar refractivity (Wildman–Crippen MR) is 93.3 cm³/mol. The molecule has 0 spiro atoms. The lowest BCUT2D eigenvalue weighted by atomic mass is 9.77. The van der Waals surface area contributed by atoms with Gasteiger partial charge in [-0.25, -0.2) is 0 Å². The predicted octanol–water partition coefficient (Wildman–Crippen LogP) is 0.813. The van der Waals surface area contributed by atoms with E-state index in [9.17, 15) is 14.6 Å². The number of carbonyl (C=O) groups is 2. The van der Waals surface area contributed by atoms with Gasteiger partial charge >= 0.3 is 13.1 Å². The summed E-state index contributed by atoms with van der Waals surface area (Å²) in [6.07, 6.45) is 2.54. The number of oxime groups is 1. The molecule has 1 aromatic rings. The standard InChI is InChI=1S/C15H19BN2O6S/c1-2-23-18-14(11-6-4-8-25-11)15(21)17-12-7-3-5-10(9-13(19)20)24-16(12)22/h3-6,8,10,12,22H,2,7,9H2,1H3,(H,17,21)(H,19,20)/t10-,12+/m1/s1. The first kappa shape index (κ1) is 19.2. The Bertz CT molecular complexity index is 648. The third-order valence-corrected chi connectivity index (χ3v) is 4.22. The highest BCUT2D eigenvalue weighted by atomic mass is 32.1. The largest absolute Gasteiger partial charge is 0.481 e. The first-order valence-electron chi connectivity index (χ1n) is 7.78. The molecule has 1 aliphatic rings. The van der Waals surface area contributed by atoms with E-state index in [0.29, 0.717) is 17.9 Å². The SMILES string of the molecule is CCON=C(C(=O)N[C@H]1CC=C[C@H](CC(=O)O)OB1O)c1cccs1. The van der Waals surface area contributed by atoms with Crippen molar-refractivity contribution in [3.63, 3.8) is 0 Å². The number of carboxylic acid groups (broad SMARTS) is 1. The van der Waals surface area contributed by atoms with Crippen LogP contribution in [0.4, 0.5) is 0 Å². The molecule has 10 heteroatoms. The number of nitrogens with one attached hydrogen (secondary N) is 1. The van der Waals surface area contributed by atoms with Crippen molar-refractivity contribution >= 4 is 36.0 Å². The molecule has 2 rings (SSSR count). The summed E-state index contributed by atoms with van der Waals surface area (Å²) in [5.74, 6) is -2.27. The molecule has 1 aliphatic heterocycles. The zero-order valence-corrected chi connectivity index (χ0v) is 14.4. The van der Waals surface area contributed by atoms with Crippen molar-refractivity contribution < 1.29 is 29.2 Å². The molecule has 0 aliphatic carbocycles. The molecular formula is C15H19BN2O6S. The van der Waals surface area contributed by atoms with E-state index in [2.05, 4.69) is 10.5 Å². The van der Waals surface area contributed by atoms with Gasteiger partial charge in [0.1, 0.15) is 6.61 Å². The van der Waals surface area contributed by atoms with Gasteiger partial charge in [-0.15, -0.1) is 11.3 Å². The van der Waals surface area contributed by atoms with Crippen LogP contribution in [-0.4, -0.2) is 53.5 Å². The quantitative estimate of drug-likeness (QED) is 0.285. The normalized spacial score (nSPS) is 20.9. The number of rotatable bonds is 7. The monoisotopic (exact) mass is 366 g/mol. The van der Waals surface area contributed by atoms with Crippen LogP contribution < -0.4 is 5.32 Å². The summed E-state index contributed by atoms with van der Waals surface area (Å²) < 4.78 is 5.29. The minimum Gasteiger partial charge on any atom is -0.481 e. The van der Waals surface area contributed by atoms with Crippen molar-refractivity contribution in [2.75, 3.05) is 6.61 Å². The molecule has 25 heavy (non-hydrogen) atoms. The lowest BCUT2D eigenvalue weighted by Gasteiger charge is -2.20. The molecule has 0 radical (unpaired) electrons. The Balaban J connectivity index is 2.05. The van der Waals surface area contributed by atoms with E-state index >= 15 is 0 Å². The maximum absolute atomic E-state index is 12.5. The number of aliphatic carboxylic acids is 1. The van der Waals surface area contributed by atoms with Gasteiger partial charge in [-0.2, -0.15) is 0 Å². The highest BCUT2D eigenvalue weighted by molar-refractivity contribution is 7.13. The van der Waals surface area contributed by atoms with Crippen molar-refractivity contribution in [3.05, 3.63) is 34.5 Å². The summed E-state index contributed by atoms with van der Waals surface area (Å²) in [5.41, 5.74) is 0.111. The highest BCUT2D eigenvalue weighted by Crippen LogP contribution is 2.14. The fourth-order valence-electron chi connectivity index (χ4n) is 2.21. The summed E-state index contributed by atoms with van der Waals surface area (Å²) in [4.78, 5) is 28.9. The molecule has 0 bridgehead atoms. The molecule has 0 unspecified atom stereocenters. The van der Waals surface area contributed by atoms with E-state index in [0.717, 1.165) is 0 Å². The number of carbonyl (C=O) groups excluding carboxylic acids is 1. The van der Waals surface area contributed by atoms with Crippen molar-refractivity contribution in [2.45, 2.75) is 31.8 Å². The van der Waals surface area contributed by atoms with Crippen molar-refractivity contribution in [1.29, 1.82) is 0 Å². The van der Waals surface area contributed by atoms with Crippen LogP contribution in [0.3, 0.4) is 0 Å². The second-order valence-electron chi connectivity index (χ2n) is 5.24. The number of amides is 1. The fraction of sp³-hybridized carbons (Fsp3) is 0.400. The lowest BCUT2D eigenvalue weighted by molar-refractivity contribution is -0.138. The van der Waals surface area contributed by atoms with Gasteiger partial charge in [0.05, 0.1) is 23.3 Å².